The number of benzene rings is 3. The summed E-state index contributed by atoms with van der Waals surface area (Å²) in [6, 6.07) is 21.0. The number of aryl methyl sites for hydroxylation is 3. The average Bonchev–Trinajstić information content (AvgIpc) is 2.84. The first-order chi connectivity index (χ1) is 16.4. The van der Waals surface area contributed by atoms with E-state index in [1.54, 1.807) is 0 Å². The Morgan fingerprint density at radius 3 is 2.24 bits per heavy atom. The van der Waals surface area contributed by atoms with Gasteiger partial charge in [0.15, 0.2) is 5.69 Å². The first-order valence-corrected chi connectivity index (χ1v) is 12.5. The standard InChI is InChI=1S/C32H36N/c1-21-10-9-11-22(2)31(21)27-15-16-29(23(3)18-27)32-30-17-14-26(25-12-7-6-8-13-25)20-28(30)19-24(4)33(32)5/h9-11,14-20,25H,6-8,12-13H2,1-5H3/q+1/i19D. The van der Waals surface area contributed by atoms with Gasteiger partial charge < -0.3 is 0 Å². The van der Waals surface area contributed by atoms with E-state index in [0.29, 0.717) is 12.0 Å². The second-order valence-corrected chi connectivity index (χ2v) is 10.1. The van der Waals surface area contributed by atoms with Gasteiger partial charge in [-0.25, -0.2) is 0 Å². The molecule has 1 fully saturated rings. The lowest BCUT2D eigenvalue weighted by molar-refractivity contribution is -0.665. The van der Waals surface area contributed by atoms with Crippen molar-refractivity contribution in [3.63, 3.8) is 0 Å². The number of hydrogen-bond donors (Lipinski definition) is 0. The van der Waals surface area contributed by atoms with Crippen LogP contribution in [0.4, 0.5) is 0 Å². The quantitative estimate of drug-likeness (QED) is 0.285. The van der Waals surface area contributed by atoms with Crippen molar-refractivity contribution >= 4 is 10.8 Å². The van der Waals surface area contributed by atoms with E-state index < -0.39 is 0 Å². The summed E-state index contributed by atoms with van der Waals surface area (Å²) in [7, 11) is 2.11. The van der Waals surface area contributed by atoms with Crippen molar-refractivity contribution in [2.45, 2.75) is 65.7 Å². The fourth-order valence-corrected chi connectivity index (χ4v) is 5.87. The molecular formula is C32H36N+. The minimum atomic E-state index is 0.647. The highest BCUT2D eigenvalue weighted by Gasteiger charge is 2.22. The molecular weight excluding hydrogens is 398 g/mol. The van der Waals surface area contributed by atoms with Gasteiger partial charge in [0.05, 0.1) is 6.76 Å². The summed E-state index contributed by atoms with van der Waals surface area (Å²) in [6.07, 6.45) is 6.59. The summed E-state index contributed by atoms with van der Waals surface area (Å²) in [6.45, 7) is 8.69. The zero-order valence-corrected chi connectivity index (χ0v) is 20.8. The molecule has 4 aromatic rings. The van der Waals surface area contributed by atoms with Crippen LogP contribution in [0.3, 0.4) is 0 Å². The molecule has 1 nitrogen and oxygen atoms in total. The molecule has 168 valence electrons. The van der Waals surface area contributed by atoms with E-state index >= 15 is 0 Å². The van der Waals surface area contributed by atoms with Gasteiger partial charge in [0.25, 0.3) is 0 Å². The summed E-state index contributed by atoms with van der Waals surface area (Å²) in [5.74, 6) is 0.647. The van der Waals surface area contributed by atoms with E-state index in [-0.39, 0.29) is 0 Å². The van der Waals surface area contributed by atoms with Crippen molar-refractivity contribution in [1.29, 1.82) is 0 Å². The van der Waals surface area contributed by atoms with Gasteiger partial charge in [0, 0.05) is 18.5 Å². The van der Waals surface area contributed by atoms with Crippen molar-refractivity contribution in [1.82, 2.24) is 0 Å². The van der Waals surface area contributed by atoms with Crippen molar-refractivity contribution < 1.29 is 5.94 Å². The van der Waals surface area contributed by atoms with Crippen molar-refractivity contribution in [3.8, 4) is 22.4 Å². The lowest BCUT2D eigenvalue weighted by Crippen LogP contribution is -2.35. The predicted molar refractivity (Wildman–Crippen MR) is 141 cm³/mol. The van der Waals surface area contributed by atoms with E-state index in [0.717, 1.165) is 11.1 Å². The van der Waals surface area contributed by atoms with Gasteiger partial charge in [-0.2, -0.15) is 4.57 Å². The molecule has 0 unspecified atom stereocenters. The SMILES string of the molecule is [2H]c1c(C)[n+](C)c(-c2ccc(-c3c(C)cccc3C)cc2C)c2ccc(C3CCCCC3)cc12. The van der Waals surface area contributed by atoms with E-state index in [1.165, 1.54) is 82.1 Å². The fourth-order valence-electron chi connectivity index (χ4n) is 5.87. The summed E-state index contributed by atoms with van der Waals surface area (Å²) < 4.78 is 11.1. The van der Waals surface area contributed by atoms with E-state index in [9.17, 15) is 0 Å². The largest absolute Gasteiger partial charge is 0.220 e. The van der Waals surface area contributed by atoms with E-state index in [1.807, 2.05) is 0 Å². The van der Waals surface area contributed by atoms with Crippen LogP contribution in [0.25, 0.3) is 33.2 Å². The van der Waals surface area contributed by atoms with Gasteiger partial charge in [0.1, 0.15) is 7.05 Å². The molecule has 0 spiro atoms. The van der Waals surface area contributed by atoms with Crippen LogP contribution in [0, 0.1) is 27.7 Å². The number of aromatic nitrogens is 1. The Morgan fingerprint density at radius 2 is 1.55 bits per heavy atom. The van der Waals surface area contributed by atoms with Crippen LogP contribution >= 0.6 is 0 Å². The molecule has 0 radical (unpaired) electrons. The molecule has 3 aromatic carbocycles. The summed E-state index contributed by atoms with van der Waals surface area (Å²) in [5.41, 5.74) is 11.4. The van der Waals surface area contributed by atoms with Gasteiger partial charge in [0.2, 0.25) is 5.69 Å². The number of pyridine rings is 1. The highest BCUT2D eigenvalue weighted by Crippen LogP contribution is 2.37. The lowest BCUT2D eigenvalue weighted by atomic mass is 9.83. The molecule has 1 saturated carbocycles. The summed E-state index contributed by atoms with van der Waals surface area (Å²) in [5, 5.41) is 2.27. The van der Waals surface area contributed by atoms with Gasteiger partial charge in [-0.15, -0.1) is 0 Å². The molecule has 0 saturated heterocycles. The third kappa shape index (κ3) is 3.99. The Hall–Kier alpha value is -2.93. The maximum atomic E-state index is 8.93. The average molecular weight is 436 g/mol. The maximum absolute atomic E-state index is 8.93. The Morgan fingerprint density at radius 1 is 0.818 bits per heavy atom. The maximum Gasteiger partial charge on any atom is 0.220 e. The highest BCUT2D eigenvalue weighted by molar-refractivity contribution is 5.94. The van der Waals surface area contributed by atoms with E-state index in [2.05, 4.69) is 93.9 Å². The molecule has 0 N–H and O–H groups in total. The number of hydrogen-bond acceptors (Lipinski definition) is 0. The minimum Gasteiger partial charge on any atom is -0.198 e. The fraction of sp³-hybridized carbons (Fsp3) is 0.344. The zero-order chi connectivity index (χ0) is 24.0. The summed E-state index contributed by atoms with van der Waals surface area (Å²) in [4.78, 5) is 0. The van der Waals surface area contributed by atoms with Gasteiger partial charge >= 0.3 is 0 Å². The third-order valence-corrected chi connectivity index (χ3v) is 7.78. The number of nitrogens with zero attached hydrogens (tertiary/aromatic N) is 1. The van der Waals surface area contributed by atoms with Crippen LogP contribution in [0.2, 0.25) is 0 Å². The van der Waals surface area contributed by atoms with Crippen LogP contribution in [-0.4, -0.2) is 0 Å². The first kappa shape index (κ1) is 20.7. The van der Waals surface area contributed by atoms with E-state index in [4.69, 9.17) is 1.37 Å². The number of fused-ring (bicyclic) bond motifs is 1. The molecule has 1 aliphatic carbocycles. The van der Waals surface area contributed by atoms with Crippen LogP contribution in [0.15, 0.2) is 60.6 Å². The molecule has 1 heteroatoms. The Kier molecular flexibility index (Phi) is 5.50. The van der Waals surface area contributed by atoms with Crippen LogP contribution < -0.4 is 4.57 Å². The van der Waals surface area contributed by atoms with Crippen LogP contribution in [0.5, 0.6) is 0 Å². The first-order valence-electron chi connectivity index (χ1n) is 13.0. The Labute approximate surface area is 200 Å². The van der Waals surface area contributed by atoms with Gasteiger partial charge in [-0.1, -0.05) is 61.7 Å². The third-order valence-electron chi connectivity index (χ3n) is 7.78. The second kappa shape index (κ2) is 8.78. The molecule has 0 amide bonds. The van der Waals surface area contributed by atoms with Crippen molar-refractivity contribution in [2.75, 3.05) is 0 Å². The molecule has 0 bridgehead atoms. The number of rotatable bonds is 3. The second-order valence-electron chi connectivity index (χ2n) is 10.1. The van der Waals surface area contributed by atoms with Crippen LogP contribution in [-0.2, 0) is 7.05 Å². The van der Waals surface area contributed by atoms with Gasteiger partial charge in [-0.3, -0.25) is 0 Å². The van der Waals surface area contributed by atoms with Crippen LogP contribution in [0.1, 0.15) is 67.3 Å². The van der Waals surface area contributed by atoms with Crippen molar-refractivity contribution in [2.24, 2.45) is 7.05 Å². The topological polar surface area (TPSA) is 3.88 Å². The zero-order valence-electron chi connectivity index (χ0n) is 21.8. The molecule has 0 aliphatic heterocycles. The Balaban J connectivity index is 1.67. The highest BCUT2D eigenvalue weighted by atomic mass is 14.9. The minimum absolute atomic E-state index is 0.647. The molecule has 33 heavy (non-hydrogen) atoms. The van der Waals surface area contributed by atoms with Gasteiger partial charge in [-0.05, 0) is 90.4 Å². The molecule has 0 atom stereocenters. The predicted octanol–water partition coefficient (Wildman–Crippen LogP) is 8.28. The smallest absolute Gasteiger partial charge is 0.198 e. The molecule has 5 rings (SSSR count). The molecule has 1 heterocycles. The molecule has 1 aliphatic rings. The normalized spacial score (nSPS) is 15.1. The Bertz CT molecular complexity index is 1370. The molecule has 1 aromatic heterocycles. The monoisotopic (exact) mass is 435 g/mol. The lowest BCUT2D eigenvalue weighted by Gasteiger charge is -2.22. The summed E-state index contributed by atoms with van der Waals surface area (Å²) >= 11 is 0. The van der Waals surface area contributed by atoms with Crippen molar-refractivity contribution in [3.05, 3.63) is 88.6 Å².